The zero-order valence-electron chi connectivity index (χ0n) is 10.3. The summed E-state index contributed by atoms with van der Waals surface area (Å²) in [6.45, 7) is 8.66. The molecule has 0 fully saturated rings. The predicted molar refractivity (Wildman–Crippen MR) is 71.6 cm³/mol. The van der Waals surface area contributed by atoms with Gasteiger partial charge >= 0.3 is 0 Å². The summed E-state index contributed by atoms with van der Waals surface area (Å²) in [4.78, 5) is 0. The monoisotopic (exact) mass is 227 g/mol. The third-order valence-electron chi connectivity index (χ3n) is 2.50. The summed E-state index contributed by atoms with van der Waals surface area (Å²) in [5, 5.41) is 4.31. The molecule has 0 aliphatic rings. The zero-order chi connectivity index (χ0) is 12.4. The number of nitrogens with zero attached hydrogens (tertiary/aromatic N) is 2. The summed E-state index contributed by atoms with van der Waals surface area (Å²) in [5.74, 6) is 0. The molecule has 1 aromatic heterocycles. The Bertz CT molecular complexity index is 532. The molecule has 0 amide bonds. The molecule has 3 nitrogen and oxygen atoms in total. The van der Waals surface area contributed by atoms with E-state index >= 15 is 0 Å². The summed E-state index contributed by atoms with van der Waals surface area (Å²) in [6, 6.07) is 6.04. The highest BCUT2D eigenvalue weighted by molar-refractivity contribution is 5.67. The average Bonchev–Trinajstić information content (AvgIpc) is 2.63. The Kier molecular flexibility index (Phi) is 3.00. The fourth-order valence-corrected chi connectivity index (χ4v) is 1.86. The van der Waals surface area contributed by atoms with Crippen LogP contribution in [0.25, 0.3) is 11.1 Å². The second-order valence-corrected chi connectivity index (χ2v) is 4.52. The standard InChI is InChI=1S/C14H17N3/c1-10(2)8-17-9-13(7-16-17)12-4-11(3)5-14(15)6-12/h4-7,9H,1,8,15H2,2-3H3. The van der Waals surface area contributed by atoms with Crippen LogP contribution in [0.2, 0.25) is 0 Å². The highest BCUT2D eigenvalue weighted by atomic mass is 15.3. The van der Waals surface area contributed by atoms with Crippen molar-refractivity contribution in [1.29, 1.82) is 0 Å². The molecule has 0 atom stereocenters. The molecule has 2 aromatic rings. The molecule has 88 valence electrons. The first kappa shape index (κ1) is 11.5. The quantitative estimate of drug-likeness (QED) is 0.647. The van der Waals surface area contributed by atoms with Crippen LogP contribution in [0, 0.1) is 6.92 Å². The van der Waals surface area contributed by atoms with Gasteiger partial charge in [0.15, 0.2) is 0 Å². The lowest BCUT2D eigenvalue weighted by Crippen LogP contribution is -1.97. The largest absolute Gasteiger partial charge is 0.399 e. The van der Waals surface area contributed by atoms with Crippen molar-refractivity contribution in [3.05, 3.63) is 48.3 Å². The van der Waals surface area contributed by atoms with Crippen LogP contribution in [0.15, 0.2) is 42.7 Å². The van der Waals surface area contributed by atoms with Gasteiger partial charge in [-0.25, -0.2) is 0 Å². The Morgan fingerprint density at radius 3 is 2.76 bits per heavy atom. The predicted octanol–water partition coefficient (Wildman–Crippen LogP) is 3.02. The molecule has 0 unspecified atom stereocenters. The number of rotatable bonds is 3. The lowest BCUT2D eigenvalue weighted by atomic mass is 10.1. The minimum absolute atomic E-state index is 0.751. The van der Waals surface area contributed by atoms with Crippen molar-refractivity contribution in [3.63, 3.8) is 0 Å². The third kappa shape index (κ3) is 2.75. The summed E-state index contributed by atoms with van der Waals surface area (Å²) in [7, 11) is 0. The second-order valence-electron chi connectivity index (χ2n) is 4.52. The van der Waals surface area contributed by atoms with Gasteiger partial charge < -0.3 is 5.73 Å². The Balaban J connectivity index is 2.33. The van der Waals surface area contributed by atoms with Crippen molar-refractivity contribution >= 4 is 5.69 Å². The van der Waals surface area contributed by atoms with Crippen molar-refractivity contribution in [2.75, 3.05) is 5.73 Å². The molecule has 0 spiro atoms. The van der Waals surface area contributed by atoms with Crippen LogP contribution < -0.4 is 5.73 Å². The van der Waals surface area contributed by atoms with Gasteiger partial charge in [0.2, 0.25) is 0 Å². The molecule has 0 bridgehead atoms. The molecular formula is C14H17N3. The Hall–Kier alpha value is -2.03. The zero-order valence-corrected chi connectivity index (χ0v) is 10.3. The maximum Gasteiger partial charge on any atom is 0.0614 e. The molecular weight excluding hydrogens is 210 g/mol. The SMILES string of the molecule is C=C(C)Cn1cc(-c2cc(C)cc(N)c2)cn1. The Morgan fingerprint density at radius 1 is 1.35 bits per heavy atom. The van der Waals surface area contributed by atoms with Crippen LogP contribution in [0.3, 0.4) is 0 Å². The molecule has 3 heteroatoms. The van der Waals surface area contributed by atoms with E-state index in [2.05, 4.69) is 17.7 Å². The van der Waals surface area contributed by atoms with Gasteiger partial charge in [0.25, 0.3) is 0 Å². The van der Waals surface area contributed by atoms with Crippen LogP contribution in [0.4, 0.5) is 5.69 Å². The van der Waals surface area contributed by atoms with Crippen molar-refractivity contribution in [2.45, 2.75) is 20.4 Å². The number of benzene rings is 1. The molecule has 1 aromatic carbocycles. The van der Waals surface area contributed by atoms with E-state index in [1.54, 1.807) is 0 Å². The molecule has 2 N–H and O–H groups in total. The van der Waals surface area contributed by atoms with E-state index < -0.39 is 0 Å². The number of hydrogen-bond acceptors (Lipinski definition) is 2. The summed E-state index contributed by atoms with van der Waals surface area (Å²) in [5.41, 5.74) is 11.1. The van der Waals surface area contributed by atoms with Gasteiger partial charge in [0, 0.05) is 17.4 Å². The Labute approximate surface area is 102 Å². The molecule has 0 radical (unpaired) electrons. The number of nitrogen functional groups attached to an aromatic ring is 1. The summed E-state index contributed by atoms with van der Waals surface area (Å²) in [6.07, 6.45) is 3.88. The first-order valence-corrected chi connectivity index (χ1v) is 5.59. The van der Waals surface area contributed by atoms with E-state index in [4.69, 9.17) is 5.73 Å². The molecule has 0 aliphatic carbocycles. The first-order chi connectivity index (χ1) is 8.04. The van der Waals surface area contributed by atoms with E-state index in [0.29, 0.717) is 0 Å². The summed E-state index contributed by atoms with van der Waals surface area (Å²) < 4.78 is 1.89. The Morgan fingerprint density at radius 2 is 2.12 bits per heavy atom. The van der Waals surface area contributed by atoms with Gasteiger partial charge in [-0.3, -0.25) is 4.68 Å². The van der Waals surface area contributed by atoms with Gasteiger partial charge in [-0.1, -0.05) is 18.2 Å². The normalized spacial score (nSPS) is 10.5. The molecule has 0 saturated heterocycles. The van der Waals surface area contributed by atoms with Gasteiger partial charge in [0.1, 0.15) is 0 Å². The smallest absolute Gasteiger partial charge is 0.0614 e. The molecule has 2 rings (SSSR count). The summed E-state index contributed by atoms with van der Waals surface area (Å²) >= 11 is 0. The highest BCUT2D eigenvalue weighted by Gasteiger charge is 2.03. The highest BCUT2D eigenvalue weighted by Crippen LogP contribution is 2.22. The molecule has 1 heterocycles. The molecule has 0 aliphatic heterocycles. The van der Waals surface area contributed by atoms with Crippen LogP contribution >= 0.6 is 0 Å². The van der Waals surface area contributed by atoms with E-state index in [0.717, 1.165) is 34.5 Å². The van der Waals surface area contributed by atoms with Crippen molar-refractivity contribution in [3.8, 4) is 11.1 Å². The minimum Gasteiger partial charge on any atom is -0.399 e. The van der Waals surface area contributed by atoms with E-state index in [-0.39, 0.29) is 0 Å². The number of aromatic nitrogens is 2. The maximum absolute atomic E-state index is 5.84. The minimum atomic E-state index is 0.751. The van der Waals surface area contributed by atoms with E-state index in [1.807, 2.05) is 43.1 Å². The number of hydrogen-bond donors (Lipinski definition) is 1. The lowest BCUT2D eigenvalue weighted by Gasteiger charge is -2.02. The number of aryl methyl sites for hydroxylation is 1. The molecule has 17 heavy (non-hydrogen) atoms. The number of anilines is 1. The maximum atomic E-state index is 5.84. The van der Waals surface area contributed by atoms with Crippen LogP contribution in [-0.2, 0) is 6.54 Å². The topological polar surface area (TPSA) is 43.8 Å². The van der Waals surface area contributed by atoms with Gasteiger partial charge in [-0.15, -0.1) is 0 Å². The van der Waals surface area contributed by atoms with Crippen LogP contribution in [0.5, 0.6) is 0 Å². The fourth-order valence-electron chi connectivity index (χ4n) is 1.86. The van der Waals surface area contributed by atoms with Crippen LogP contribution in [0.1, 0.15) is 12.5 Å². The van der Waals surface area contributed by atoms with Crippen molar-refractivity contribution < 1.29 is 0 Å². The van der Waals surface area contributed by atoms with Gasteiger partial charge in [-0.05, 0) is 37.1 Å². The van der Waals surface area contributed by atoms with E-state index in [1.165, 1.54) is 0 Å². The number of allylic oxidation sites excluding steroid dienone is 1. The average molecular weight is 227 g/mol. The van der Waals surface area contributed by atoms with E-state index in [9.17, 15) is 0 Å². The van der Waals surface area contributed by atoms with Crippen molar-refractivity contribution in [2.24, 2.45) is 0 Å². The van der Waals surface area contributed by atoms with Gasteiger partial charge in [0.05, 0.1) is 12.7 Å². The first-order valence-electron chi connectivity index (χ1n) is 5.59. The van der Waals surface area contributed by atoms with Crippen LogP contribution in [-0.4, -0.2) is 9.78 Å². The second kappa shape index (κ2) is 4.45. The number of nitrogens with two attached hydrogens (primary N) is 1. The van der Waals surface area contributed by atoms with Crippen molar-refractivity contribution in [1.82, 2.24) is 9.78 Å². The third-order valence-corrected chi connectivity index (χ3v) is 2.50. The van der Waals surface area contributed by atoms with Gasteiger partial charge in [-0.2, -0.15) is 5.10 Å². The molecule has 0 saturated carbocycles. The lowest BCUT2D eigenvalue weighted by molar-refractivity contribution is 0.679. The fraction of sp³-hybridized carbons (Fsp3) is 0.214.